The molecule has 1 aromatic rings. The van der Waals surface area contributed by atoms with Crippen molar-refractivity contribution < 1.29 is 33.5 Å². The number of benzene rings is 1. The maximum absolute atomic E-state index is 10.2. The zero-order chi connectivity index (χ0) is 8.27. The Balaban J connectivity index is 0.00000121. The predicted octanol–water partition coefficient (Wildman–Crippen LogP) is -2.94. The fourth-order valence-electron chi connectivity index (χ4n) is 0.727. The van der Waals surface area contributed by atoms with Crippen molar-refractivity contribution >= 4 is 5.97 Å². The smallest absolute Gasteiger partial charge is 0.545 e. The van der Waals surface area contributed by atoms with E-state index < -0.39 is 5.97 Å². The summed E-state index contributed by atoms with van der Waals surface area (Å²) in [7, 11) is 1.52. The Morgan fingerprint density at radius 2 is 1.83 bits per heavy atom. The van der Waals surface area contributed by atoms with Gasteiger partial charge in [-0.05, 0) is 29.8 Å². The van der Waals surface area contributed by atoms with E-state index in [-0.39, 0.29) is 24.4 Å². The Morgan fingerprint density at radius 1 is 1.33 bits per heavy atom. The number of carboxylic acid groups (broad SMARTS) is 1. The Hall–Kier alpha value is -0.913. The Bertz CT molecular complexity index is 256. The molecule has 0 aliphatic rings. The molecule has 0 saturated heterocycles. The van der Waals surface area contributed by atoms with Crippen LogP contribution in [0.1, 0.15) is 10.4 Å². The molecule has 1 rings (SSSR count). The number of ether oxygens (including phenoxy) is 1. The van der Waals surface area contributed by atoms with Gasteiger partial charge in [-0.1, -0.05) is 0 Å². The monoisotopic (exact) mass is 158 g/mol. The summed E-state index contributed by atoms with van der Waals surface area (Å²) in [5.74, 6) is -0.539. The Kier molecular flexibility index (Phi) is 4.49. The number of rotatable bonds is 2. The second-order valence-electron chi connectivity index (χ2n) is 2.02. The largest absolute Gasteiger partial charge is 1.00 e. The number of hydrogen-bond acceptors (Lipinski definition) is 3. The number of hydrogen-bond donors (Lipinski definition) is 0. The first-order chi connectivity index (χ1) is 5.24. The van der Waals surface area contributed by atoms with E-state index in [0.29, 0.717) is 5.75 Å². The molecule has 0 N–H and O–H groups in total. The van der Waals surface area contributed by atoms with Crippen LogP contribution < -0.4 is 28.7 Å². The molecule has 0 saturated carbocycles. The van der Waals surface area contributed by atoms with Crippen molar-refractivity contribution in [2.75, 3.05) is 7.11 Å². The molecule has 0 spiro atoms. The predicted molar refractivity (Wildman–Crippen MR) is 37.3 cm³/mol. The average Bonchev–Trinajstić information content (AvgIpc) is 2.05. The minimum absolute atomic E-state index is 0. The molecule has 0 atom stereocenters. The van der Waals surface area contributed by atoms with E-state index in [1.54, 1.807) is 12.1 Å². The first-order valence-electron chi connectivity index (χ1n) is 3.09. The van der Waals surface area contributed by atoms with Crippen LogP contribution in [0.15, 0.2) is 24.3 Å². The van der Waals surface area contributed by atoms with Gasteiger partial charge in [-0.3, -0.25) is 0 Å². The molecule has 3 nitrogen and oxygen atoms in total. The van der Waals surface area contributed by atoms with E-state index in [4.69, 9.17) is 4.74 Å². The van der Waals surface area contributed by atoms with Gasteiger partial charge in [0.1, 0.15) is 5.75 Å². The van der Waals surface area contributed by atoms with Crippen LogP contribution in [-0.2, 0) is 0 Å². The van der Waals surface area contributed by atoms with Crippen LogP contribution in [-0.4, -0.2) is 13.1 Å². The first kappa shape index (κ1) is 11.1. The summed E-state index contributed by atoms with van der Waals surface area (Å²) in [6, 6.07) is 6.03. The van der Waals surface area contributed by atoms with Gasteiger partial charge in [0.05, 0.1) is 13.1 Å². The normalized spacial score (nSPS) is 8.42. The topological polar surface area (TPSA) is 49.4 Å². The third-order valence-corrected chi connectivity index (χ3v) is 1.33. The van der Waals surface area contributed by atoms with E-state index in [9.17, 15) is 9.90 Å². The van der Waals surface area contributed by atoms with Crippen LogP contribution in [0.4, 0.5) is 0 Å². The van der Waals surface area contributed by atoms with Crippen molar-refractivity contribution in [1.29, 1.82) is 0 Å². The van der Waals surface area contributed by atoms with Crippen molar-refractivity contribution in [2.24, 2.45) is 0 Å². The molecule has 0 aliphatic heterocycles. The molecule has 58 valence electrons. The van der Waals surface area contributed by atoms with Gasteiger partial charge in [0.15, 0.2) is 0 Å². The Morgan fingerprint density at radius 3 is 2.17 bits per heavy atom. The van der Waals surface area contributed by atoms with Crippen molar-refractivity contribution in [3.63, 3.8) is 0 Å². The van der Waals surface area contributed by atoms with E-state index in [1.807, 2.05) is 0 Å². The van der Waals surface area contributed by atoms with Gasteiger partial charge in [0.25, 0.3) is 0 Å². The molecule has 0 heterocycles. The summed E-state index contributed by atoms with van der Waals surface area (Å²) >= 11 is 0. The van der Waals surface area contributed by atoms with E-state index in [2.05, 4.69) is 0 Å². The molecule has 0 unspecified atom stereocenters. The summed E-state index contributed by atoms with van der Waals surface area (Å²) < 4.78 is 4.84. The zero-order valence-corrected chi connectivity index (χ0v) is 7.03. The van der Waals surface area contributed by atoms with Gasteiger partial charge in [-0.15, -0.1) is 0 Å². The van der Waals surface area contributed by atoms with Gasteiger partial charge in [-0.2, -0.15) is 0 Å². The zero-order valence-electron chi connectivity index (χ0n) is 7.03. The molecule has 0 bridgehead atoms. The summed E-state index contributed by atoms with van der Waals surface area (Å²) in [6.45, 7) is 0. The Labute approximate surface area is 82.5 Å². The number of carbonyl (C=O) groups excluding carboxylic acids is 1. The standard InChI is InChI=1S/C8H8O3.Li/c1-11-7-4-2-6(3-5-7)8(9)10;/h2-5H,1H3,(H,9,10);/q;+1/p-1. The summed E-state index contributed by atoms with van der Waals surface area (Å²) in [6.07, 6.45) is 0. The number of aromatic carboxylic acids is 1. The van der Waals surface area contributed by atoms with Gasteiger partial charge in [-0.25, -0.2) is 0 Å². The third-order valence-electron chi connectivity index (χ3n) is 1.33. The molecule has 0 amide bonds. The molecular formula is C8H7LiO3. The van der Waals surface area contributed by atoms with Crippen LogP contribution >= 0.6 is 0 Å². The van der Waals surface area contributed by atoms with Crippen LogP contribution in [0, 0.1) is 0 Å². The van der Waals surface area contributed by atoms with Gasteiger partial charge in [0.2, 0.25) is 0 Å². The van der Waals surface area contributed by atoms with Gasteiger partial charge < -0.3 is 14.6 Å². The molecule has 0 aliphatic carbocycles. The maximum atomic E-state index is 10.2. The van der Waals surface area contributed by atoms with Crippen molar-refractivity contribution in [2.45, 2.75) is 0 Å². The minimum atomic E-state index is -1.17. The second kappa shape index (κ2) is 4.86. The summed E-state index contributed by atoms with van der Waals surface area (Å²) in [4.78, 5) is 10.2. The minimum Gasteiger partial charge on any atom is -0.545 e. The quantitative estimate of drug-likeness (QED) is 0.433. The van der Waals surface area contributed by atoms with Crippen molar-refractivity contribution in [1.82, 2.24) is 0 Å². The molecule has 1 aromatic carbocycles. The van der Waals surface area contributed by atoms with Crippen LogP contribution in [0.3, 0.4) is 0 Å². The second-order valence-corrected chi connectivity index (χ2v) is 2.02. The third kappa shape index (κ3) is 2.61. The van der Waals surface area contributed by atoms with E-state index >= 15 is 0 Å². The number of carboxylic acids is 1. The fourth-order valence-corrected chi connectivity index (χ4v) is 0.727. The molecule has 0 radical (unpaired) electrons. The number of carbonyl (C=O) groups is 1. The van der Waals surface area contributed by atoms with Crippen LogP contribution in [0.2, 0.25) is 0 Å². The molecule has 0 aromatic heterocycles. The van der Waals surface area contributed by atoms with Gasteiger partial charge in [0, 0.05) is 0 Å². The summed E-state index contributed by atoms with van der Waals surface area (Å²) in [5, 5.41) is 10.2. The van der Waals surface area contributed by atoms with Crippen LogP contribution in [0.25, 0.3) is 0 Å². The molecule has 4 heteroatoms. The SMILES string of the molecule is COc1ccc(C(=O)[O-])cc1.[Li+]. The average molecular weight is 158 g/mol. The fraction of sp³-hybridized carbons (Fsp3) is 0.125. The molecule has 0 fully saturated rings. The van der Waals surface area contributed by atoms with Crippen molar-refractivity contribution in [3.05, 3.63) is 29.8 Å². The van der Waals surface area contributed by atoms with E-state index in [1.165, 1.54) is 19.2 Å². The maximum Gasteiger partial charge on any atom is 1.00 e. The molecule has 12 heavy (non-hydrogen) atoms. The summed E-state index contributed by atoms with van der Waals surface area (Å²) in [5.41, 5.74) is 0.158. The molecular weight excluding hydrogens is 151 g/mol. The first-order valence-corrected chi connectivity index (χ1v) is 3.09. The van der Waals surface area contributed by atoms with E-state index in [0.717, 1.165) is 0 Å². The van der Waals surface area contributed by atoms with Crippen molar-refractivity contribution in [3.8, 4) is 5.75 Å². The van der Waals surface area contributed by atoms with Gasteiger partial charge >= 0.3 is 18.9 Å². The van der Waals surface area contributed by atoms with Crippen LogP contribution in [0.5, 0.6) is 5.75 Å². The number of methoxy groups -OCH3 is 1.